The molecule has 2 atom stereocenters. The third-order valence-corrected chi connectivity index (χ3v) is 7.22. The van der Waals surface area contributed by atoms with Gasteiger partial charge in [0.25, 0.3) is 0 Å². The van der Waals surface area contributed by atoms with Crippen molar-refractivity contribution in [1.29, 1.82) is 0 Å². The van der Waals surface area contributed by atoms with Crippen molar-refractivity contribution in [3.8, 4) is 0 Å². The lowest BCUT2D eigenvalue weighted by Crippen LogP contribution is -2.43. The Bertz CT molecular complexity index is 1160. The Hall–Kier alpha value is -3.27. The van der Waals surface area contributed by atoms with Gasteiger partial charge in [-0.1, -0.05) is 61.7 Å². The van der Waals surface area contributed by atoms with Crippen molar-refractivity contribution in [2.24, 2.45) is 0 Å². The van der Waals surface area contributed by atoms with Gasteiger partial charge in [0.2, 0.25) is 10.0 Å². The first-order valence-corrected chi connectivity index (χ1v) is 11.9. The number of nitrogens with one attached hydrogen (secondary N) is 1. The summed E-state index contributed by atoms with van der Waals surface area (Å²) in [6.45, 7) is 9.90. The van der Waals surface area contributed by atoms with Crippen LogP contribution in [0.3, 0.4) is 0 Å². The van der Waals surface area contributed by atoms with Gasteiger partial charge in [-0.05, 0) is 24.6 Å². The maximum absolute atomic E-state index is 13.5. The third-order valence-electron chi connectivity index (χ3n) is 5.24. The molecule has 0 radical (unpaired) electrons. The minimum atomic E-state index is -3.99. The van der Waals surface area contributed by atoms with E-state index in [2.05, 4.69) is 28.4 Å². The second kappa shape index (κ2) is 10.6. The molecular formula is C24H29N5O3S. The molecule has 8 nitrogen and oxygen atoms in total. The summed E-state index contributed by atoms with van der Waals surface area (Å²) in [6, 6.07) is 7.54. The summed E-state index contributed by atoms with van der Waals surface area (Å²) in [7, 11) is -2.17. The van der Waals surface area contributed by atoms with Gasteiger partial charge >= 0.3 is 0 Å². The van der Waals surface area contributed by atoms with E-state index in [0.29, 0.717) is 23.7 Å². The van der Waals surface area contributed by atoms with Crippen molar-refractivity contribution in [2.75, 3.05) is 30.4 Å². The summed E-state index contributed by atoms with van der Waals surface area (Å²) in [5.41, 5.74) is 1.23. The van der Waals surface area contributed by atoms with E-state index >= 15 is 0 Å². The largest absolute Gasteiger partial charge is 0.373 e. The van der Waals surface area contributed by atoms with Gasteiger partial charge in [-0.3, -0.25) is 0 Å². The number of hydrogen-bond donors (Lipinski definition) is 2. The number of hydrogen-bond acceptors (Lipinski definition) is 7. The van der Waals surface area contributed by atoms with Crippen molar-refractivity contribution in [2.45, 2.75) is 24.1 Å². The Balaban J connectivity index is 2.06. The fourth-order valence-electron chi connectivity index (χ4n) is 3.71. The number of allylic oxidation sites excluding steroid dienone is 4. The topological polar surface area (TPSA) is 98.7 Å². The molecular weight excluding hydrogens is 438 g/mol. The van der Waals surface area contributed by atoms with Crippen LogP contribution >= 0.6 is 0 Å². The number of aromatic nitrogens is 2. The molecule has 1 aliphatic rings. The molecule has 0 unspecified atom stereocenters. The molecule has 0 aliphatic carbocycles. The van der Waals surface area contributed by atoms with Crippen molar-refractivity contribution in [1.82, 2.24) is 14.3 Å². The van der Waals surface area contributed by atoms with Crippen LogP contribution in [0.2, 0.25) is 0 Å². The van der Waals surface area contributed by atoms with E-state index in [1.165, 1.54) is 18.5 Å². The Morgan fingerprint density at radius 2 is 2.00 bits per heavy atom. The molecule has 33 heavy (non-hydrogen) atoms. The minimum Gasteiger partial charge on any atom is -0.373 e. The summed E-state index contributed by atoms with van der Waals surface area (Å²) in [4.78, 5) is 10.6. The van der Waals surface area contributed by atoms with Gasteiger partial charge in [0, 0.05) is 26.2 Å². The minimum absolute atomic E-state index is 0.108. The summed E-state index contributed by atoms with van der Waals surface area (Å²) in [5, 5.41) is 14.6. The lowest BCUT2D eigenvalue weighted by Gasteiger charge is -2.31. The quantitative estimate of drug-likeness (QED) is 0.575. The number of anilines is 2. The fourth-order valence-corrected chi connectivity index (χ4v) is 5.37. The molecule has 0 amide bonds. The van der Waals surface area contributed by atoms with E-state index < -0.39 is 22.3 Å². The third kappa shape index (κ3) is 5.22. The highest BCUT2D eigenvalue weighted by Gasteiger charge is 2.40. The van der Waals surface area contributed by atoms with E-state index in [4.69, 9.17) is 0 Å². The summed E-state index contributed by atoms with van der Waals surface area (Å²) >= 11 is 0. The molecule has 3 rings (SSSR count). The average Bonchev–Trinajstić information content (AvgIpc) is 2.94. The van der Waals surface area contributed by atoms with Gasteiger partial charge in [0.05, 0.1) is 10.5 Å². The molecule has 1 aromatic carbocycles. The molecule has 2 N–H and O–H groups in total. The maximum atomic E-state index is 13.5. The van der Waals surface area contributed by atoms with Gasteiger partial charge in [-0.15, -0.1) is 0 Å². The highest BCUT2D eigenvalue weighted by Crippen LogP contribution is 2.38. The zero-order valence-electron chi connectivity index (χ0n) is 18.8. The van der Waals surface area contributed by atoms with Crippen molar-refractivity contribution >= 4 is 21.7 Å². The Morgan fingerprint density at radius 3 is 2.67 bits per heavy atom. The first-order valence-electron chi connectivity index (χ1n) is 10.5. The van der Waals surface area contributed by atoms with Crippen LogP contribution in [-0.2, 0) is 10.0 Å². The Labute approximate surface area is 195 Å². The molecule has 0 saturated carbocycles. The molecule has 1 aliphatic heterocycles. The summed E-state index contributed by atoms with van der Waals surface area (Å²) in [5.74, 6) is 0.817. The van der Waals surface area contributed by atoms with Crippen LogP contribution in [0.1, 0.15) is 18.7 Å². The van der Waals surface area contributed by atoms with E-state index in [1.54, 1.807) is 37.3 Å². The number of likely N-dealkylation sites (N-methyl/N-ethyl adjacent to an activating group) is 1. The SMILES string of the molecule is C=C/C=C\C(=C/C=C)CN(C)c1ncnc2c1[C@H](O)N(S(=O)(=O)c1ccccc1)[C@H](C)CN2. The van der Waals surface area contributed by atoms with E-state index in [9.17, 15) is 13.5 Å². The predicted octanol–water partition coefficient (Wildman–Crippen LogP) is 3.26. The fraction of sp³-hybridized carbons (Fsp3) is 0.250. The monoisotopic (exact) mass is 467 g/mol. The van der Waals surface area contributed by atoms with Crippen molar-refractivity contribution in [3.63, 3.8) is 0 Å². The lowest BCUT2D eigenvalue weighted by molar-refractivity contribution is 0.0471. The van der Waals surface area contributed by atoms with E-state index in [-0.39, 0.29) is 11.4 Å². The van der Waals surface area contributed by atoms with E-state index in [1.807, 2.05) is 30.2 Å². The number of fused-ring (bicyclic) bond motifs is 1. The second-order valence-electron chi connectivity index (χ2n) is 7.64. The normalized spacial score (nSPS) is 19.4. The standard InChI is InChI=1S/C24H29N5O3S/c1-5-7-12-19(11-6-2)16-28(4)23-21-22(26-17-27-23)25-15-18(3)29(24(21)30)33(31,32)20-13-9-8-10-14-20/h5-14,17-18,24,30H,1-2,15-16H2,3-4H3,(H,25,26,27)/b12-7-,19-11+/t18-,24+/m1/s1. The number of aliphatic hydroxyl groups excluding tert-OH is 1. The zero-order valence-corrected chi connectivity index (χ0v) is 19.6. The highest BCUT2D eigenvalue weighted by atomic mass is 32.2. The van der Waals surface area contributed by atoms with Crippen LogP contribution < -0.4 is 10.2 Å². The van der Waals surface area contributed by atoms with Gasteiger partial charge < -0.3 is 15.3 Å². The molecule has 0 bridgehead atoms. The van der Waals surface area contributed by atoms with Gasteiger partial charge in [0.15, 0.2) is 6.23 Å². The van der Waals surface area contributed by atoms with Crippen LogP contribution in [0.4, 0.5) is 11.6 Å². The average molecular weight is 468 g/mol. The Kier molecular flexibility index (Phi) is 7.80. The molecule has 0 saturated heterocycles. The van der Waals surface area contributed by atoms with Crippen LogP contribution in [0, 0.1) is 0 Å². The number of sulfonamides is 1. The first-order chi connectivity index (χ1) is 15.8. The maximum Gasteiger partial charge on any atom is 0.245 e. The smallest absolute Gasteiger partial charge is 0.245 e. The first kappa shape index (κ1) is 24.4. The van der Waals surface area contributed by atoms with Crippen LogP contribution in [-0.4, -0.2) is 54.0 Å². The van der Waals surface area contributed by atoms with Crippen LogP contribution in [0.25, 0.3) is 0 Å². The lowest BCUT2D eigenvalue weighted by atomic mass is 10.1. The zero-order chi connectivity index (χ0) is 24.0. The van der Waals surface area contributed by atoms with Gasteiger partial charge in [-0.25, -0.2) is 18.4 Å². The van der Waals surface area contributed by atoms with Crippen molar-refractivity contribution < 1.29 is 13.5 Å². The van der Waals surface area contributed by atoms with Crippen LogP contribution in [0.15, 0.2) is 90.7 Å². The van der Waals surface area contributed by atoms with Gasteiger partial charge in [-0.2, -0.15) is 4.31 Å². The molecule has 174 valence electrons. The molecule has 1 aromatic heterocycles. The molecule has 0 spiro atoms. The van der Waals surface area contributed by atoms with Gasteiger partial charge in [0.1, 0.15) is 18.0 Å². The number of aliphatic hydroxyl groups is 1. The van der Waals surface area contributed by atoms with Crippen LogP contribution in [0.5, 0.6) is 0 Å². The van der Waals surface area contributed by atoms with E-state index in [0.717, 1.165) is 9.88 Å². The molecule has 2 aromatic rings. The highest BCUT2D eigenvalue weighted by molar-refractivity contribution is 7.89. The molecule has 0 fully saturated rings. The second-order valence-corrected chi connectivity index (χ2v) is 9.48. The molecule has 2 heterocycles. The summed E-state index contributed by atoms with van der Waals surface area (Å²) in [6.07, 6.45) is 8.85. The molecule has 9 heteroatoms. The number of rotatable bonds is 8. The number of benzene rings is 1. The number of nitrogens with zero attached hydrogens (tertiary/aromatic N) is 4. The Morgan fingerprint density at radius 1 is 1.27 bits per heavy atom. The summed E-state index contributed by atoms with van der Waals surface area (Å²) < 4.78 is 28.1. The predicted molar refractivity (Wildman–Crippen MR) is 131 cm³/mol. The van der Waals surface area contributed by atoms with Crippen molar-refractivity contribution in [3.05, 3.63) is 91.3 Å².